The Balaban J connectivity index is 1.37. The molecule has 3 N–H and O–H groups in total. The number of carbonyl (C=O) groups is 1. The number of halogens is 1. The molecule has 1 amide bonds. The molecule has 0 radical (unpaired) electrons. The van der Waals surface area contributed by atoms with Crippen LogP contribution < -0.4 is 21.5 Å². The van der Waals surface area contributed by atoms with Crippen LogP contribution in [0.5, 0.6) is 0 Å². The molecule has 8 nitrogen and oxygen atoms in total. The van der Waals surface area contributed by atoms with Gasteiger partial charge >= 0.3 is 0 Å². The second-order valence-corrected chi connectivity index (χ2v) is 8.41. The molecule has 30 heavy (non-hydrogen) atoms. The lowest BCUT2D eigenvalue weighted by molar-refractivity contribution is -0.115. The van der Waals surface area contributed by atoms with E-state index in [1.54, 1.807) is 16.8 Å². The molecule has 0 bridgehead atoms. The van der Waals surface area contributed by atoms with E-state index in [1.165, 1.54) is 12.8 Å². The molecule has 0 atom stereocenters. The van der Waals surface area contributed by atoms with E-state index >= 15 is 0 Å². The fourth-order valence-electron chi connectivity index (χ4n) is 3.43. The van der Waals surface area contributed by atoms with Crippen LogP contribution in [-0.4, -0.2) is 20.4 Å². The first-order chi connectivity index (χ1) is 14.5. The quantitative estimate of drug-likeness (QED) is 0.510. The number of fused-ring (bicyclic) bond motifs is 1. The Kier molecular flexibility index (Phi) is 4.74. The van der Waals surface area contributed by atoms with Crippen molar-refractivity contribution in [3.05, 3.63) is 63.1 Å². The number of rotatable bonds is 6. The lowest BCUT2D eigenvalue weighted by Crippen LogP contribution is -2.22. The van der Waals surface area contributed by atoms with E-state index in [0.29, 0.717) is 34.3 Å². The van der Waals surface area contributed by atoms with Gasteiger partial charge in [0, 0.05) is 30.3 Å². The number of nitrogens with zero attached hydrogens (tertiary/aromatic N) is 3. The van der Waals surface area contributed by atoms with Crippen molar-refractivity contribution in [2.75, 3.05) is 16.0 Å². The van der Waals surface area contributed by atoms with Crippen LogP contribution in [0.3, 0.4) is 0 Å². The summed E-state index contributed by atoms with van der Waals surface area (Å²) < 4.78 is 2.39. The standard InChI is InChI=1S/C21H19BrN6O2/c22-15-10-23-21(24-14-5-6-16-13(8-14)9-18(29)25-16)27-19(15)26-17-2-1-7-28(20(17)30)11-12-3-4-12/h1-2,5-8,10,12H,3-4,9,11H2,(H,25,29)(H2,23,24,26,27). The fourth-order valence-corrected chi connectivity index (χ4v) is 3.72. The molecule has 2 aliphatic rings. The molecule has 1 aliphatic carbocycles. The minimum atomic E-state index is -0.0692. The van der Waals surface area contributed by atoms with Gasteiger partial charge in [-0.15, -0.1) is 0 Å². The first kappa shape index (κ1) is 18.8. The van der Waals surface area contributed by atoms with Crippen molar-refractivity contribution in [1.29, 1.82) is 0 Å². The van der Waals surface area contributed by atoms with Gasteiger partial charge in [0.15, 0.2) is 5.82 Å². The van der Waals surface area contributed by atoms with Gasteiger partial charge in [-0.3, -0.25) is 9.59 Å². The average Bonchev–Trinajstić information content (AvgIpc) is 3.46. The summed E-state index contributed by atoms with van der Waals surface area (Å²) in [6.45, 7) is 0.752. The summed E-state index contributed by atoms with van der Waals surface area (Å²) >= 11 is 3.44. The van der Waals surface area contributed by atoms with E-state index in [4.69, 9.17) is 0 Å². The molecule has 1 aromatic carbocycles. The van der Waals surface area contributed by atoms with Gasteiger partial charge in [-0.25, -0.2) is 4.98 Å². The van der Waals surface area contributed by atoms with Crippen molar-refractivity contribution in [2.45, 2.75) is 25.8 Å². The second-order valence-electron chi connectivity index (χ2n) is 7.56. The molecule has 1 saturated carbocycles. The molecule has 2 aromatic heterocycles. The minimum Gasteiger partial charge on any atom is -0.335 e. The van der Waals surface area contributed by atoms with Crippen LogP contribution in [0.2, 0.25) is 0 Å². The Morgan fingerprint density at radius 1 is 1.20 bits per heavy atom. The molecular formula is C21H19BrN6O2. The van der Waals surface area contributed by atoms with E-state index in [0.717, 1.165) is 23.5 Å². The van der Waals surface area contributed by atoms with Crippen molar-refractivity contribution < 1.29 is 4.79 Å². The van der Waals surface area contributed by atoms with Crippen LogP contribution in [0.1, 0.15) is 18.4 Å². The molecule has 0 spiro atoms. The fraction of sp³-hybridized carbons (Fsp3) is 0.238. The van der Waals surface area contributed by atoms with Crippen molar-refractivity contribution in [3.8, 4) is 0 Å². The van der Waals surface area contributed by atoms with Crippen molar-refractivity contribution in [2.24, 2.45) is 5.92 Å². The molecule has 1 aliphatic heterocycles. The zero-order valence-electron chi connectivity index (χ0n) is 16.0. The molecule has 9 heteroatoms. The monoisotopic (exact) mass is 466 g/mol. The van der Waals surface area contributed by atoms with Gasteiger partial charge in [-0.05, 0) is 70.6 Å². The van der Waals surface area contributed by atoms with Gasteiger partial charge in [0.2, 0.25) is 11.9 Å². The van der Waals surface area contributed by atoms with Gasteiger partial charge < -0.3 is 20.5 Å². The summed E-state index contributed by atoms with van der Waals surface area (Å²) in [6.07, 6.45) is 6.18. The molecule has 3 aromatic rings. The first-order valence-electron chi connectivity index (χ1n) is 9.74. The van der Waals surface area contributed by atoms with Gasteiger partial charge in [-0.2, -0.15) is 4.98 Å². The Hall–Kier alpha value is -3.20. The van der Waals surface area contributed by atoms with E-state index < -0.39 is 0 Å². The molecule has 0 unspecified atom stereocenters. The number of amides is 1. The van der Waals surface area contributed by atoms with E-state index in [9.17, 15) is 9.59 Å². The highest BCUT2D eigenvalue weighted by atomic mass is 79.9. The van der Waals surface area contributed by atoms with Crippen LogP contribution in [0.25, 0.3) is 0 Å². The second kappa shape index (κ2) is 7.56. The van der Waals surface area contributed by atoms with Gasteiger partial charge in [-0.1, -0.05) is 0 Å². The number of aromatic nitrogens is 3. The number of hydrogen-bond acceptors (Lipinski definition) is 6. The number of pyridine rings is 1. The minimum absolute atomic E-state index is 0.0104. The molecular weight excluding hydrogens is 448 g/mol. The van der Waals surface area contributed by atoms with E-state index in [2.05, 4.69) is 41.8 Å². The normalized spacial score (nSPS) is 14.9. The lowest BCUT2D eigenvalue weighted by atomic mass is 10.1. The highest BCUT2D eigenvalue weighted by molar-refractivity contribution is 9.10. The number of anilines is 5. The summed E-state index contributed by atoms with van der Waals surface area (Å²) in [5.41, 5.74) is 2.94. The predicted octanol–water partition coefficient (Wildman–Crippen LogP) is 3.79. The largest absolute Gasteiger partial charge is 0.335 e. The maximum Gasteiger partial charge on any atom is 0.274 e. The third-order valence-electron chi connectivity index (χ3n) is 5.16. The summed E-state index contributed by atoms with van der Waals surface area (Å²) in [6, 6.07) is 9.22. The maximum atomic E-state index is 12.8. The topological polar surface area (TPSA) is 101 Å². The molecule has 3 heterocycles. The van der Waals surface area contributed by atoms with Crippen LogP contribution in [0, 0.1) is 5.92 Å². The van der Waals surface area contributed by atoms with Crippen LogP contribution in [0.4, 0.5) is 28.8 Å². The smallest absolute Gasteiger partial charge is 0.274 e. The van der Waals surface area contributed by atoms with Crippen molar-refractivity contribution in [1.82, 2.24) is 14.5 Å². The van der Waals surface area contributed by atoms with Crippen molar-refractivity contribution in [3.63, 3.8) is 0 Å². The van der Waals surface area contributed by atoms with Gasteiger partial charge in [0.1, 0.15) is 5.69 Å². The highest BCUT2D eigenvalue weighted by Gasteiger charge is 2.22. The molecule has 1 fully saturated rings. The zero-order valence-corrected chi connectivity index (χ0v) is 17.6. The highest BCUT2D eigenvalue weighted by Crippen LogP contribution is 2.31. The lowest BCUT2D eigenvalue weighted by Gasteiger charge is -2.12. The first-order valence-corrected chi connectivity index (χ1v) is 10.5. The number of nitrogens with one attached hydrogen (secondary N) is 3. The third-order valence-corrected chi connectivity index (χ3v) is 5.74. The Morgan fingerprint density at radius 2 is 2.07 bits per heavy atom. The third kappa shape index (κ3) is 3.93. The Bertz CT molecular complexity index is 1200. The summed E-state index contributed by atoms with van der Waals surface area (Å²) in [5, 5.41) is 9.09. The summed E-state index contributed by atoms with van der Waals surface area (Å²) in [7, 11) is 0. The van der Waals surface area contributed by atoms with Crippen LogP contribution in [0.15, 0.2) is 52.0 Å². The SMILES string of the molecule is O=C1Cc2cc(Nc3ncc(Br)c(Nc4cccn(CC5CC5)c4=O)n3)ccc2N1. The molecule has 152 valence electrons. The van der Waals surface area contributed by atoms with Gasteiger partial charge in [0.05, 0.1) is 10.9 Å². The molecule has 0 saturated heterocycles. The summed E-state index contributed by atoms with van der Waals surface area (Å²) in [5.74, 6) is 1.47. The number of carbonyl (C=O) groups excluding carboxylic acids is 1. The Morgan fingerprint density at radius 3 is 2.90 bits per heavy atom. The zero-order chi connectivity index (χ0) is 20.7. The van der Waals surface area contributed by atoms with E-state index in [1.807, 2.05) is 30.5 Å². The van der Waals surface area contributed by atoms with Gasteiger partial charge in [0.25, 0.3) is 5.56 Å². The maximum absolute atomic E-state index is 12.8. The molecule has 5 rings (SSSR count). The number of benzene rings is 1. The predicted molar refractivity (Wildman–Crippen MR) is 118 cm³/mol. The average molecular weight is 467 g/mol. The Labute approximate surface area is 180 Å². The van der Waals surface area contributed by atoms with Crippen LogP contribution >= 0.6 is 15.9 Å². The van der Waals surface area contributed by atoms with Crippen LogP contribution in [-0.2, 0) is 17.8 Å². The van der Waals surface area contributed by atoms with Crippen molar-refractivity contribution >= 4 is 50.7 Å². The van der Waals surface area contributed by atoms with E-state index in [-0.39, 0.29) is 11.5 Å². The summed E-state index contributed by atoms with van der Waals surface area (Å²) in [4.78, 5) is 33.1. The number of hydrogen-bond donors (Lipinski definition) is 3.